The zero-order valence-corrected chi connectivity index (χ0v) is 19.5. The van der Waals surface area contributed by atoms with Gasteiger partial charge < -0.3 is 10.6 Å². The standard InChI is InChI=1S/C20H26ClN5O2S2/c1-12(2)26-8-6-14-16(10-26)30-20(23-14)24-18(27)11-25-7-5-13(9-25)22-19(28)15-3-4-17(21)29-15/h3-4,12-13H,5-11H2,1-2H3,(H,22,28)(H,23,24,27). The molecule has 2 aromatic rings. The monoisotopic (exact) mass is 467 g/mol. The van der Waals surface area contributed by atoms with Crippen molar-refractivity contribution in [2.45, 2.75) is 45.3 Å². The van der Waals surface area contributed by atoms with E-state index in [0.717, 1.165) is 38.2 Å². The third kappa shape index (κ3) is 5.20. The van der Waals surface area contributed by atoms with Gasteiger partial charge in [0, 0.05) is 49.6 Å². The minimum absolute atomic E-state index is 0.0420. The average molecular weight is 468 g/mol. The molecule has 0 radical (unpaired) electrons. The van der Waals surface area contributed by atoms with Crippen LogP contribution in [-0.2, 0) is 17.8 Å². The molecule has 10 heteroatoms. The zero-order chi connectivity index (χ0) is 21.3. The first-order chi connectivity index (χ1) is 14.4. The summed E-state index contributed by atoms with van der Waals surface area (Å²) in [4.78, 5) is 35.8. The van der Waals surface area contributed by atoms with Crippen LogP contribution < -0.4 is 10.6 Å². The van der Waals surface area contributed by atoms with E-state index in [2.05, 4.69) is 39.3 Å². The zero-order valence-electron chi connectivity index (χ0n) is 17.1. The molecule has 2 aliphatic rings. The quantitative estimate of drug-likeness (QED) is 0.682. The summed E-state index contributed by atoms with van der Waals surface area (Å²) in [5.41, 5.74) is 1.12. The van der Waals surface area contributed by atoms with Crippen molar-refractivity contribution in [3.63, 3.8) is 0 Å². The summed E-state index contributed by atoms with van der Waals surface area (Å²) in [6, 6.07) is 4.01. The number of amides is 2. The maximum Gasteiger partial charge on any atom is 0.261 e. The SMILES string of the molecule is CC(C)N1CCc2nc(NC(=O)CN3CCC(NC(=O)c4ccc(Cl)s4)C3)sc2C1. The predicted molar refractivity (Wildman–Crippen MR) is 122 cm³/mol. The Bertz CT molecular complexity index is 928. The predicted octanol–water partition coefficient (Wildman–Crippen LogP) is 3.07. The summed E-state index contributed by atoms with van der Waals surface area (Å²) in [7, 11) is 0. The summed E-state index contributed by atoms with van der Waals surface area (Å²) in [5.74, 6) is -0.161. The Morgan fingerprint density at radius 3 is 2.87 bits per heavy atom. The molecule has 1 atom stereocenters. The Morgan fingerprint density at radius 2 is 2.13 bits per heavy atom. The minimum atomic E-state index is -0.105. The van der Waals surface area contributed by atoms with Crippen molar-refractivity contribution in [3.8, 4) is 0 Å². The van der Waals surface area contributed by atoms with E-state index >= 15 is 0 Å². The second-order valence-electron chi connectivity index (χ2n) is 8.05. The number of aromatic nitrogens is 1. The minimum Gasteiger partial charge on any atom is -0.347 e. The van der Waals surface area contributed by atoms with Crippen LogP contribution in [0.4, 0.5) is 5.13 Å². The lowest BCUT2D eigenvalue weighted by molar-refractivity contribution is -0.117. The molecule has 4 rings (SSSR count). The molecular formula is C20H26ClN5O2S2. The summed E-state index contributed by atoms with van der Waals surface area (Å²) < 4.78 is 0.602. The van der Waals surface area contributed by atoms with Gasteiger partial charge in [0.2, 0.25) is 5.91 Å². The normalized spacial score (nSPS) is 19.8. The summed E-state index contributed by atoms with van der Waals surface area (Å²) >= 11 is 8.75. The second-order valence-corrected chi connectivity index (χ2v) is 10.8. The van der Waals surface area contributed by atoms with Crippen molar-refractivity contribution < 1.29 is 9.59 Å². The second kappa shape index (κ2) is 9.32. The molecule has 0 bridgehead atoms. The molecule has 1 saturated heterocycles. The molecule has 162 valence electrons. The first-order valence-corrected chi connectivity index (χ1v) is 12.2. The molecule has 1 fully saturated rings. The van der Waals surface area contributed by atoms with Gasteiger partial charge in [0.05, 0.1) is 21.5 Å². The van der Waals surface area contributed by atoms with E-state index in [4.69, 9.17) is 11.6 Å². The Hall–Kier alpha value is -1.52. The van der Waals surface area contributed by atoms with Gasteiger partial charge in [0.15, 0.2) is 5.13 Å². The fourth-order valence-corrected chi connectivity index (χ4v) is 5.85. The van der Waals surface area contributed by atoms with E-state index in [0.29, 0.717) is 33.5 Å². The van der Waals surface area contributed by atoms with Crippen molar-refractivity contribution in [1.82, 2.24) is 20.1 Å². The maximum absolute atomic E-state index is 12.5. The Labute approximate surface area is 189 Å². The topological polar surface area (TPSA) is 77.6 Å². The molecule has 7 nitrogen and oxygen atoms in total. The highest BCUT2D eigenvalue weighted by Crippen LogP contribution is 2.29. The number of anilines is 1. The van der Waals surface area contributed by atoms with E-state index in [1.165, 1.54) is 16.2 Å². The van der Waals surface area contributed by atoms with Crippen LogP contribution in [0.1, 0.15) is 40.5 Å². The number of nitrogens with zero attached hydrogens (tertiary/aromatic N) is 3. The lowest BCUT2D eigenvalue weighted by atomic mass is 10.1. The Kier molecular flexibility index (Phi) is 6.74. The largest absolute Gasteiger partial charge is 0.347 e. The van der Waals surface area contributed by atoms with Crippen LogP contribution in [0, 0.1) is 0 Å². The summed E-state index contributed by atoms with van der Waals surface area (Å²) in [6.07, 6.45) is 1.76. The molecule has 30 heavy (non-hydrogen) atoms. The molecular weight excluding hydrogens is 442 g/mol. The molecule has 0 spiro atoms. The van der Waals surface area contributed by atoms with Gasteiger partial charge in [-0.2, -0.15) is 0 Å². The number of fused-ring (bicyclic) bond motifs is 1. The number of hydrogen-bond donors (Lipinski definition) is 2. The van der Waals surface area contributed by atoms with Crippen molar-refractivity contribution in [1.29, 1.82) is 0 Å². The van der Waals surface area contributed by atoms with E-state index in [-0.39, 0.29) is 17.9 Å². The number of thiazole rings is 1. The van der Waals surface area contributed by atoms with Gasteiger partial charge in [-0.05, 0) is 32.4 Å². The Morgan fingerprint density at radius 1 is 1.30 bits per heavy atom. The van der Waals surface area contributed by atoms with E-state index < -0.39 is 0 Å². The van der Waals surface area contributed by atoms with Gasteiger partial charge in [-0.3, -0.25) is 19.4 Å². The highest BCUT2D eigenvalue weighted by molar-refractivity contribution is 7.18. The van der Waals surface area contributed by atoms with Crippen molar-refractivity contribution in [2.24, 2.45) is 0 Å². The van der Waals surface area contributed by atoms with Gasteiger partial charge in [-0.1, -0.05) is 11.6 Å². The first kappa shape index (κ1) is 21.7. The molecule has 2 amide bonds. The number of carbonyl (C=O) groups is 2. The van der Waals surface area contributed by atoms with E-state index in [1.807, 2.05) is 0 Å². The number of carbonyl (C=O) groups excluding carboxylic acids is 2. The first-order valence-electron chi connectivity index (χ1n) is 10.2. The molecule has 0 aromatic carbocycles. The Balaban J connectivity index is 1.25. The van der Waals surface area contributed by atoms with Crippen LogP contribution in [0.15, 0.2) is 12.1 Å². The van der Waals surface area contributed by atoms with Crippen LogP contribution in [0.5, 0.6) is 0 Å². The number of thiophene rings is 1. The third-order valence-electron chi connectivity index (χ3n) is 5.51. The van der Waals surface area contributed by atoms with Crippen LogP contribution in [0.3, 0.4) is 0 Å². The van der Waals surface area contributed by atoms with E-state index in [1.54, 1.807) is 23.5 Å². The molecule has 2 aromatic heterocycles. The highest BCUT2D eigenvalue weighted by Gasteiger charge is 2.27. The molecule has 0 saturated carbocycles. The summed E-state index contributed by atoms with van der Waals surface area (Å²) in [6.45, 7) is 8.08. The van der Waals surface area contributed by atoms with Gasteiger partial charge in [-0.15, -0.1) is 22.7 Å². The highest BCUT2D eigenvalue weighted by atomic mass is 35.5. The van der Waals surface area contributed by atoms with Crippen molar-refractivity contribution in [2.75, 3.05) is 31.5 Å². The van der Waals surface area contributed by atoms with Crippen molar-refractivity contribution in [3.05, 3.63) is 31.9 Å². The van der Waals surface area contributed by atoms with Crippen molar-refractivity contribution >= 4 is 51.2 Å². The smallest absolute Gasteiger partial charge is 0.261 e. The van der Waals surface area contributed by atoms with Crippen LogP contribution in [-0.4, -0.2) is 64.9 Å². The third-order valence-corrected chi connectivity index (χ3v) is 7.74. The molecule has 2 aliphatic heterocycles. The maximum atomic E-state index is 12.5. The fourth-order valence-electron chi connectivity index (χ4n) is 3.86. The molecule has 1 unspecified atom stereocenters. The summed E-state index contributed by atoms with van der Waals surface area (Å²) in [5, 5.41) is 6.68. The number of likely N-dealkylation sites (tertiary alicyclic amines) is 1. The van der Waals surface area contributed by atoms with Crippen LogP contribution >= 0.6 is 34.3 Å². The lowest BCUT2D eigenvalue weighted by Gasteiger charge is -2.29. The van der Waals surface area contributed by atoms with Crippen LogP contribution in [0.25, 0.3) is 0 Å². The molecule has 4 heterocycles. The van der Waals surface area contributed by atoms with Gasteiger partial charge in [-0.25, -0.2) is 4.98 Å². The van der Waals surface area contributed by atoms with Gasteiger partial charge in [0.1, 0.15) is 0 Å². The van der Waals surface area contributed by atoms with Crippen LogP contribution in [0.2, 0.25) is 4.34 Å². The number of hydrogen-bond acceptors (Lipinski definition) is 7. The van der Waals surface area contributed by atoms with Gasteiger partial charge >= 0.3 is 0 Å². The fraction of sp³-hybridized carbons (Fsp3) is 0.550. The average Bonchev–Trinajstić information content (AvgIpc) is 3.40. The lowest BCUT2D eigenvalue weighted by Crippen LogP contribution is -2.38. The number of nitrogens with one attached hydrogen (secondary N) is 2. The number of rotatable bonds is 6. The van der Waals surface area contributed by atoms with E-state index in [9.17, 15) is 9.59 Å². The number of halogens is 1. The molecule has 0 aliphatic carbocycles. The molecule has 2 N–H and O–H groups in total. The van der Waals surface area contributed by atoms with Gasteiger partial charge in [0.25, 0.3) is 5.91 Å².